The lowest BCUT2D eigenvalue weighted by Crippen LogP contribution is -2.43. The number of aliphatic hydroxyl groups is 1. The largest absolute Gasteiger partial charge is 0.467 e. The van der Waals surface area contributed by atoms with Gasteiger partial charge in [-0.05, 0) is 18.4 Å². The molecule has 6 heteroatoms. The third kappa shape index (κ3) is 5.08. The zero-order valence-corrected chi connectivity index (χ0v) is 9.10. The maximum absolute atomic E-state index is 11.1. The Kier molecular flexibility index (Phi) is 7.23. The Morgan fingerprint density at radius 1 is 1.57 bits per heavy atom. The van der Waals surface area contributed by atoms with Crippen molar-refractivity contribution in [1.29, 1.82) is 0 Å². The van der Waals surface area contributed by atoms with Gasteiger partial charge in [-0.3, -0.25) is 4.79 Å². The maximum Gasteiger partial charge on any atom is 0.328 e. The first-order valence-corrected chi connectivity index (χ1v) is 5.52. The molecule has 0 saturated carbocycles. The van der Waals surface area contributed by atoms with Crippen LogP contribution in [0.3, 0.4) is 0 Å². The second kappa shape index (κ2) is 7.64. The quantitative estimate of drug-likeness (QED) is 0.585. The number of thioether (sulfide) groups is 1. The van der Waals surface area contributed by atoms with Gasteiger partial charge in [0.1, 0.15) is 12.6 Å². The number of methoxy groups -OCH3 is 1. The summed E-state index contributed by atoms with van der Waals surface area (Å²) in [5.41, 5.74) is 0. The van der Waals surface area contributed by atoms with E-state index in [1.54, 1.807) is 11.8 Å². The summed E-state index contributed by atoms with van der Waals surface area (Å²) in [6.07, 6.45) is 2.40. The lowest BCUT2D eigenvalue weighted by molar-refractivity contribution is -0.145. The molecule has 0 aromatic rings. The average molecular weight is 221 g/mol. The van der Waals surface area contributed by atoms with Gasteiger partial charge in [0.15, 0.2) is 0 Å². The lowest BCUT2D eigenvalue weighted by Gasteiger charge is -2.14. The highest BCUT2D eigenvalue weighted by molar-refractivity contribution is 7.98. The van der Waals surface area contributed by atoms with E-state index in [2.05, 4.69) is 10.1 Å². The molecule has 0 spiro atoms. The van der Waals surface area contributed by atoms with E-state index in [0.29, 0.717) is 6.42 Å². The molecule has 0 radical (unpaired) electrons. The van der Waals surface area contributed by atoms with Crippen LogP contribution in [-0.2, 0) is 14.3 Å². The van der Waals surface area contributed by atoms with Crippen molar-refractivity contribution < 1.29 is 19.4 Å². The Balaban J connectivity index is 4.09. The molecule has 0 aromatic carbocycles. The number of aliphatic hydroxyl groups excluding tert-OH is 1. The second-order valence-electron chi connectivity index (χ2n) is 2.58. The van der Waals surface area contributed by atoms with Gasteiger partial charge < -0.3 is 15.2 Å². The first-order valence-electron chi connectivity index (χ1n) is 4.12. The van der Waals surface area contributed by atoms with Crippen molar-refractivity contribution in [2.45, 2.75) is 12.5 Å². The molecule has 0 aliphatic rings. The van der Waals surface area contributed by atoms with Crippen molar-refractivity contribution in [1.82, 2.24) is 5.32 Å². The van der Waals surface area contributed by atoms with Gasteiger partial charge in [-0.15, -0.1) is 0 Å². The Morgan fingerprint density at radius 3 is 2.64 bits per heavy atom. The number of ether oxygens (including phenoxy) is 1. The van der Waals surface area contributed by atoms with Crippen molar-refractivity contribution in [2.75, 3.05) is 25.7 Å². The van der Waals surface area contributed by atoms with Gasteiger partial charge in [0, 0.05) is 0 Å². The standard InChI is InChI=1S/C8H15NO4S/c1-13-8(12)6(3-4-14-2)9-7(11)5-10/h6,10H,3-5H2,1-2H3,(H,9,11)/t6-/m0/s1. The van der Waals surface area contributed by atoms with E-state index in [1.807, 2.05) is 6.26 Å². The third-order valence-electron chi connectivity index (χ3n) is 1.58. The second-order valence-corrected chi connectivity index (χ2v) is 3.57. The minimum Gasteiger partial charge on any atom is -0.467 e. The summed E-state index contributed by atoms with van der Waals surface area (Å²) >= 11 is 1.57. The highest BCUT2D eigenvalue weighted by Gasteiger charge is 2.20. The summed E-state index contributed by atoms with van der Waals surface area (Å²) < 4.78 is 4.51. The zero-order valence-electron chi connectivity index (χ0n) is 8.28. The SMILES string of the molecule is COC(=O)[C@H](CCSC)NC(=O)CO. The predicted molar refractivity (Wildman–Crippen MR) is 54.0 cm³/mol. The molecule has 1 amide bonds. The number of carbonyl (C=O) groups excluding carboxylic acids is 2. The van der Waals surface area contributed by atoms with E-state index >= 15 is 0 Å². The van der Waals surface area contributed by atoms with E-state index in [-0.39, 0.29) is 0 Å². The normalized spacial score (nSPS) is 11.9. The topological polar surface area (TPSA) is 75.6 Å². The van der Waals surface area contributed by atoms with Gasteiger partial charge in [0.05, 0.1) is 7.11 Å². The van der Waals surface area contributed by atoms with E-state index < -0.39 is 24.5 Å². The van der Waals surface area contributed by atoms with Crippen LogP contribution in [0.4, 0.5) is 0 Å². The molecular weight excluding hydrogens is 206 g/mol. The van der Waals surface area contributed by atoms with Gasteiger partial charge in [0.2, 0.25) is 5.91 Å². The summed E-state index contributed by atoms with van der Waals surface area (Å²) in [7, 11) is 1.26. The Labute approximate surface area is 87.2 Å². The monoisotopic (exact) mass is 221 g/mol. The lowest BCUT2D eigenvalue weighted by atomic mass is 10.2. The molecule has 0 fully saturated rings. The number of carbonyl (C=O) groups is 2. The molecule has 2 N–H and O–H groups in total. The molecule has 0 aromatic heterocycles. The van der Waals surface area contributed by atoms with E-state index in [4.69, 9.17) is 5.11 Å². The van der Waals surface area contributed by atoms with Crippen molar-refractivity contribution in [2.24, 2.45) is 0 Å². The van der Waals surface area contributed by atoms with Crippen LogP contribution in [0.15, 0.2) is 0 Å². The minimum absolute atomic E-state index is 0.485. The number of esters is 1. The summed E-state index contributed by atoms with van der Waals surface area (Å²) in [5, 5.41) is 10.9. The third-order valence-corrected chi connectivity index (χ3v) is 2.22. The summed E-state index contributed by atoms with van der Waals surface area (Å²) in [6, 6.07) is -0.660. The zero-order chi connectivity index (χ0) is 11.0. The molecule has 82 valence electrons. The van der Waals surface area contributed by atoms with Crippen LogP contribution in [0.25, 0.3) is 0 Å². The average Bonchev–Trinajstić information content (AvgIpc) is 2.22. The highest BCUT2D eigenvalue weighted by atomic mass is 32.2. The molecule has 14 heavy (non-hydrogen) atoms. The number of nitrogens with one attached hydrogen (secondary N) is 1. The fourth-order valence-corrected chi connectivity index (χ4v) is 1.34. The Morgan fingerprint density at radius 2 is 2.21 bits per heavy atom. The van der Waals surface area contributed by atoms with Gasteiger partial charge in [0.25, 0.3) is 0 Å². The molecule has 1 atom stereocenters. The predicted octanol–water partition coefficient (Wildman–Crippen LogP) is -0.610. The van der Waals surface area contributed by atoms with Crippen LogP contribution in [0.5, 0.6) is 0 Å². The number of amides is 1. The number of hydrogen-bond acceptors (Lipinski definition) is 5. The van der Waals surface area contributed by atoms with E-state index in [0.717, 1.165) is 5.75 Å². The van der Waals surface area contributed by atoms with Crippen molar-refractivity contribution in [3.8, 4) is 0 Å². The molecule has 0 rings (SSSR count). The van der Waals surface area contributed by atoms with E-state index in [1.165, 1.54) is 7.11 Å². The molecule has 0 heterocycles. The molecular formula is C8H15NO4S. The van der Waals surface area contributed by atoms with Crippen LogP contribution in [0.1, 0.15) is 6.42 Å². The molecule has 0 bridgehead atoms. The minimum atomic E-state index is -0.660. The first kappa shape index (κ1) is 13.2. The van der Waals surface area contributed by atoms with Crippen LogP contribution >= 0.6 is 11.8 Å². The van der Waals surface area contributed by atoms with Crippen molar-refractivity contribution in [3.05, 3.63) is 0 Å². The fraction of sp³-hybridized carbons (Fsp3) is 0.750. The smallest absolute Gasteiger partial charge is 0.328 e. The van der Waals surface area contributed by atoms with Gasteiger partial charge in [-0.1, -0.05) is 0 Å². The molecule has 0 unspecified atom stereocenters. The highest BCUT2D eigenvalue weighted by Crippen LogP contribution is 2.02. The summed E-state index contributed by atoms with van der Waals surface area (Å²) in [4.78, 5) is 22.0. The van der Waals surface area contributed by atoms with Crippen molar-refractivity contribution >= 4 is 23.6 Å². The van der Waals surface area contributed by atoms with Crippen LogP contribution < -0.4 is 5.32 Å². The molecule has 0 saturated heterocycles. The van der Waals surface area contributed by atoms with E-state index in [9.17, 15) is 9.59 Å². The summed E-state index contributed by atoms with van der Waals surface area (Å²) in [5.74, 6) is -0.312. The molecule has 5 nitrogen and oxygen atoms in total. The molecule has 0 aliphatic heterocycles. The first-order chi connectivity index (χ1) is 6.65. The van der Waals surface area contributed by atoms with Crippen LogP contribution in [0, 0.1) is 0 Å². The fourth-order valence-electron chi connectivity index (χ4n) is 0.867. The van der Waals surface area contributed by atoms with Gasteiger partial charge in [-0.25, -0.2) is 4.79 Å². The summed E-state index contributed by atoms with van der Waals surface area (Å²) in [6.45, 7) is -0.618. The van der Waals surface area contributed by atoms with Crippen LogP contribution in [0.2, 0.25) is 0 Å². The Hall–Kier alpha value is -0.750. The van der Waals surface area contributed by atoms with Gasteiger partial charge >= 0.3 is 5.97 Å². The van der Waals surface area contributed by atoms with Crippen molar-refractivity contribution in [3.63, 3.8) is 0 Å². The number of rotatable bonds is 6. The number of hydrogen-bond donors (Lipinski definition) is 2. The van der Waals surface area contributed by atoms with Crippen LogP contribution in [-0.4, -0.2) is 48.8 Å². The Bertz CT molecular complexity index is 198. The maximum atomic E-state index is 11.1. The van der Waals surface area contributed by atoms with Gasteiger partial charge in [-0.2, -0.15) is 11.8 Å². The molecule has 0 aliphatic carbocycles.